The number of rotatable bonds is 9. The van der Waals surface area contributed by atoms with Gasteiger partial charge in [0.2, 0.25) is 5.95 Å². The maximum absolute atomic E-state index is 4.61. The van der Waals surface area contributed by atoms with Crippen LogP contribution in [0.4, 0.5) is 5.95 Å². The van der Waals surface area contributed by atoms with Crippen LogP contribution >= 0.6 is 0 Å². The summed E-state index contributed by atoms with van der Waals surface area (Å²) < 4.78 is 0. The summed E-state index contributed by atoms with van der Waals surface area (Å²) in [6.45, 7) is 9.38. The monoisotopic (exact) mass is 264 g/mol. The molecule has 4 nitrogen and oxygen atoms in total. The topological polar surface area (TPSA) is 41.1 Å². The molecule has 1 rings (SSSR count). The quantitative estimate of drug-likeness (QED) is 0.696. The van der Waals surface area contributed by atoms with Gasteiger partial charge in [-0.1, -0.05) is 26.7 Å². The number of aromatic nitrogens is 2. The van der Waals surface area contributed by atoms with Crippen LogP contribution in [0.25, 0.3) is 0 Å². The summed E-state index contributed by atoms with van der Waals surface area (Å²) in [7, 11) is 2.07. The number of nitrogens with zero attached hydrogens (tertiary/aromatic N) is 3. The number of nitrogens with one attached hydrogen (secondary N) is 1. The fraction of sp³-hybridized carbons (Fsp3) is 0.733. The molecule has 0 unspecified atom stereocenters. The van der Waals surface area contributed by atoms with Crippen LogP contribution in [0.1, 0.15) is 50.8 Å². The van der Waals surface area contributed by atoms with Crippen molar-refractivity contribution in [2.75, 3.05) is 25.0 Å². The van der Waals surface area contributed by atoms with Gasteiger partial charge in [0.1, 0.15) is 0 Å². The van der Waals surface area contributed by atoms with Crippen LogP contribution in [0.2, 0.25) is 0 Å². The fourth-order valence-electron chi connectivity index (χ4n) is 1.94. The van der Waals surface area contributed by atoms with Crippen molar-refractivity contribution in [3.05, 3.63) is 17.5 Å². The van der Waals surface area contributed by atoms with Gasteiger partial charge in [-0.3, -0.25) is 0 Å². The molecule has 0 amide bonds. The number of unbranched alkanes of at least 4 members (excludes halogenated alkanes) is 2. The molecule has 0 spiro atoms. The Hall–Kier alpha value is -1.16. The molecule has 1 aromatic rings. The van der Waals surface area contributed by atoms with Crippen LogP contribution in [0, 0.1) is 6.92 Å². The zero-order valence-electron chi connectivity index (χ0n) is 12.9. The largest absolute Gasteiger partial charge is 0.344 e. The van der Waals surface area contributed by atoms with Crippen LogP contribution in [0.3, 0.4) is 0 Å². The first-order valence-electron chi connectivity index (χ1n) is 7.43. The number of hydrogen-bond donors (Lipinski definition) is 1. The van der Waals surface area contributed by atoms with E-state index in [-0.39, 0.29) is 0 Å². The predicted molar refractivity (Wildman–Crippen MR) is 81.6 cm³/mol. The van der Waals surface area contributed by atoms with E-state index in [9.17, 15) is 0 Å². The zero-order valence-corrected chi connectivity index (χ0v) is 12.9. The molecule has 0 saturated heterocycles. The second-order valence-corrected chi connectivity index (χ2v) is 5.09. The summed E-state index contributed by atoms with van der Waals surface area (Å²) in [6, 6.07) is 0. The van der Waals surface area contributed by atoms with Crippen LogP contribution < -0.4 is 10.2 Å². The summed E-state index contributed by atoms with van der Waals surface area (Å²) in [4.78, 5) is 11.2. The maximum atomic E-state index is 4.61. The van der Waals surface area contributed by atoms with Gasteiger partial charge in [-0.25, -0.2) is 9.97 Å². The molecular formula is C15H28N4. The minimum absolute atomic E-state index is 0.841. The summed E-state index contributed by atoms with van der Waals surface area (Å²) in [5.74, 6) is 0.841. The first-order valence-corrected chi connectivity index (χ1v) is 7.43. The third kappa shape index (κ3) is 5.55. The molecule has 1 aromatic heterocycles. The summed E-state index contributed by atoms with van der Waals surface area (Å²) in [5.41, 5.74) is 2.27. The van der Waals surface area contributed by atoms with Crippen molar-refractivity contribution in [3.8, 4) is 0 Å². The van der Waals surface area contributed by atoms with Gasteiger partial charge >= 0.3 is 0 Å². The molecule has 19 heavy (non-hydrogen) atoms. The number of anilines is 1. The van der Waals surface area contributed by atoms with Crippen LogP contribution in [-0.2, 0) is 6.54 Å². The van der Waals surface area contributed by atoms with Crippen LogP contribution in [0.15, 0.2) is 6.20 Å². The lowest BCUT2D eigenvalue weighted by Gasteiger charge is -2.18. The Labute approximate surface area is 117 Å². The van der Waals surface area contributed by atoms with Gasteiger partial charge in [-0.2, -0.15) is 0 Å². The van der Waals surface area contributed by atoms with Gasteiger partial charge in [0.15, 0.2) is 0 Å². The third-order valence-electron chi connectivity index (χ3n) is 3.25. The Morgan fingerprint density at radius 1 is 1.21 bits per heavy atom. The fourth-order valence-corrected chi connectivity index (χ4v) is 1.94. The van der Waals surface area contributed by atoms with E-state index in [4.69, 9.17) is 0 Å². The molecule has 0 atom stereocenters. The number of aryl methyl sites for hydroxylation is 1. The minimum Gasteiger partial charge on any atom is -0.344 e. The average molecular weight is 264 g/mol. The van der Waals surface area contributed by atoms with Crippen LogP contribution in [0.5, 0.6) is 0 Å². The molecule has 0 aliphatic heterocycles. The molecule has 0 aromatic carbocycles. The van der Waals surface area contributed by atoms with Crippen molar-refractivity contribution in [1.82, 2.24) is 15.3 Å². The summed E-state index contributed by atoms with van der Waals surface area (Å²) >= 11 is 0. The van der Waals surface area contributed by atoms with Gasteiger partial charge in [0.05, 0.1) is 0 Å². The van der Waals surface area contributed by atoms with Gasteiger partial charge < -0.3 is 10.2 Å². The Kier molecular flexibility index (Phi) is 7.41. The third-order valence-corrected chi connectivity index (χ3v) is 3.25. The lowest BCUT2D eigenvalue weighted by atomic mass is 10.2. The Morgan fingerprint density at radius 2 is 2.00 bits per heavy atom. The Bertz CT molecular complexity index is 365. The van der Waals surface area contributed by atoms with Gasteiger partial charge in [-0.15, -0.1) is 0 Å². The standard InChI is InChI=1S/C15H28N4/c1-5-7-8-10-19(4)15-17-12-14(13(3)18-15)11-16-9-6-2/h12,16H,5-11H2,1-4H3. The van der Waals surface area contributed by atoms with Crippen molar-refractivity contribution < 1.29 is 0 Å². The van der Waals surface area contributed by atoms with Crippen molar-refractivity contribution in [1.29, 1.82) is 0 Å². The van der Waals surface area contributed by atoms with E-state index in [1.54, 1.807) is 0 Å². The highest BCUT2D eigenvalue weighted by Crippen LogP contribution is 2.11. The minimum atomic E-state index is 0.841. The normalized spacial score (nSPS) is 10.7. The molecule has 4 heteroatoms. The summed E-state index contributed by atoms with van der Waals surface area (Å²) in [5, 5.41) is 3.39. The van der Waals surface area contributed by atoms with Gasteiger partial charge in [0, 0.05) is 37.6 Å². The highest BCUT2D eigenvalue weighted by Gasteiger charge is 2.07. The summed E-state index contributed by atoms with van der Waals surface area (Å²) in [6.07, 6.45) is 6.82. The lowest BCUT2D eigenvalue weighted by molar-refractivity contribution is 0.665. The van der Waals surface area contributed by atoms with Crippen molar-refractivity contribution in [3.63, 3.8) is 0 Å². The molecule has 0 radical (unpaired) electrons. The predicted octanol–water partition coefficient (Wildman–Crippen LogP) is 2.91. The smallest absolute Gasteiger partial charge is 0.225 e. The number of hydrogen-bond acceptors (Lipinski definition) is 4. The molecule has 0 fully saturated rings. The van der Waals surface area contributed by atoms with E-state index in [1.165, 1.54) is 24.8 Å². The lowest BCUT2D eigenvalue weighted by Crippen LogP contribution is -2.22. The van der Waals surface area contributed by atoms with E-state index in [0.717, 1.165) is 37.7 Å². The van der Waals surface area contributed by atoms with Crippen molar-refractivity contribution in [2.45, 2.75) is 53.0 Å². The van der Waals surface area contributed by atoms with Gasteiger partial charge in [-0.05, 0) is 26.3 Å². The SMILES string of the molecule is CCCCCN(C)c1ncc(CNCCC)c(C)n1. The second kappa shape index (κ2) is 8.86. The highest BCUT2D eigenvalue weighted by atomic mass is 15.2. The van der Waals surface area contributed by atoms with Gasteiger partial charge in [0.25, 0.3) is 0 Å². The highest BCUT2D eigenvalue weighted by molar-refractivity contribution is 5.31. The maximum Gasteiger partial charge on any atom is 0.225 e. The molecule has 1 N–H and O–H groups in total. The second-order valence-electron chi connectivity index (χ2n) is 5.09. The van der Waals surface area contributed by atoms with E-state index >= 15 is 0 Å². The van der Waals surface area contributed by atoms with E-state index in [0.29, 0.717) is 0 Å². The first kappa shape index (κ1) is 15.9. The first-order chi connectivity index (χ1) is 9.19. The average Bonchev–Trinajstić information content (AvgIpc) is 2.41. The van der Waals surface area contributed by atoms with E-state index < -0.39 is 0 Å². The molecule has 1 heterocycles. The van der Waals surface area contributed by atoms with Crippen molar-refractivity contribution >= 4 is 5.95 Å². The van der Waals surface area contributed by atoms with E-state index in [1.807, 2.05) is 6.20 Å². The van der Waals surface area contributed by atoms with E-state index in [2.05, 4.69) is 48.0 Å². The molecular weight excluding hydrogens is 236 g/mol. The molecule has 0 bridgehead atoms. The molecule has 108 valence electrons. The molecule has 0 aliphatic rings. The molecule has 0 saturated carbocycles. The van der Waals surface area contributed by atoms with Crippen LogP contribution in [-0.4, -0.2) is 30.1 Å². The Morgan fingerprint density at radius 3 is 2.63 bits per heavy atom. The van der Waals surface area contributed by atoms with Crippen molar-refractivity contribution in [2.24, 2.45) is 0 Å². The molecule has 0 aliphatic carbocycles. The zero-order chi connectivity index (χ0) is 14.1. The Balaban J connectivity index is 2.54.